The van der Waals surface area contributed by atoms with Crippen LogP contribution < -0.4 is 20.3 Å². The number of benzene rings is 2. The third-order valence-electron chi connectivity index (χ3n) is 4.42. The Morgan fingerprint density at radius 3 is 2.61 bits per heavy atom. The molecular formula is C20H20BrN3O4. The molecule has 0 aromatic heterocycles. The van der Waals surface area contributed by atoms with E-state index >= 15 is 0 Å². The van der Waals surface area contributed by atoms with Gasteiger partial charge in [-0.2, -0.15) is 0 Å². The summed E-state index contributed by atoms with van der Waals surface area (Å²) in [4.78, 5) is 38.3. The second-order valence-corrected chi connectivity index (χ2v) is 7.35. The van der Waals surface area contributed by atoms with Crippen LogP contribution in [-0.2, 0) is 14.4 Å². The summed E-state index contributed by atoms with van der Waals surface area (Å²) < 4.78 is 6.08. The number of halogens is 1. The van der Waals surface area contributed by atoms with Crippen LogP contribution in [0.5, 0.6) is 5.75 Å². The molecule has 3 amide bonds. The Kier molecular flexibility index (Phi) is 5.99. The third kappa shape index (κ3) is 4.33. The molecule has 2 aromatic rings. The summed E-state index contributed by atoms with van der Waals surface area (Å²) in [6.07, 6.45) is 0.105. The highest BCUT2D eigenvalue weighted by atomic mass is 79.9. The normalized spacial score (nSPS) is 16.0. The van der Waals surface area contributed by atoms with E-state index in [1.807, 2.05) is 12.1 Å². The molecule has 1 heterocycles. The molecule has 3 rings (SSSR count). The van der Waals surface area contributed by atoms with Crippen LogP contribution in [0.2, 0.25) is 0 Å². The number of carbonyl (C=O) groups excluding carboxylic acids is 3. The summed E-state index contributed by atoms with van der Waals surface area (Å²) >= 11 is 3.36. The van der Waals surface area contributed by atoms with Crippen LogP contribution in [0.15, 0.2) is 46.9 Å². The molecule has 7 nitrogen and oxygen atoms in total. The summed E-state index contributed by atoms with van der Waals surface area (Å²) in [5.74, 6) is -0.592. The van der Waals surface area contributed by atoms with Gasteiger partial charge in [-0.3, -0.25) is 14.4 Å². The summed E-state index contributed by atoms with van der Waals surface area (Å²) in [6, 6.07) is 12.4. The number of amides is 3. The highest BCUT2D eigenvalue weighted by Crippen LogP contribution is 2.34. The van der Waals surface area contributed by atoms with Gasteiger partial charge in [-0.25, -0.2) is 0 Å². The summed E-state index contributed by atoms with van der Waals surface area (Å²) in [5.41, 5.74) is 1.61. The molecule has 1 atom stereocenters. The average molecular weight is 446 g/mol. The van der Waals surface area contributed by atoms with Crippen LogP contribution in [0.25, 0.3) is 0 Å². The lowest BCUT2D eigenvalue weighted by atomic mass is 10.1. The van der Waals surface area contributed by atoms with E-state index in [1.165, 1.54) is 6.92 Å². The molecule has 146 valence electrons. The van der Waals surface area contributed by atoms with Crippen LogP contribution in [0.3, 0.4) is 0 Å². The van der Waals surface area contributed by atoms with Crippen molar-refractivity contribution in [2.24, 2.45) is 5.92 Å². The van der Waals surface area contributed by atoms with Crippen molar-refractivity contribution in [2.75, 3.05) is 29.2 Å². The number of methoxy groups -OCH3 is 1. The van der Waals surface area contributed by atoms with Gasteiger partial charge in [0.05, 0.1) is 30.1 Å². The van der Waals surface area contributed by atoms with Gasteiger partial charge in [0.25, 0.3) is 0 Å². The lowest BCUT2D eigenvalue weighted by molar-refractivity contribution is -0.122. The largest absolute Gasteiger partial charge is 0.495 e. The predicted octanol–water partition coefficient (Wildman–Crippen LogP) is 3.41. The molecule has 2 N–H and O–H groups in total. The Labute approximate surface area is 171 Å². The van der Waals surface area contributed by atoms with Crippen molar-refractivity contribution in [3.63, 3.8) is 0 Å². The van der Waals surface area contributed by atoms with E-state index in [9.17, 15) is 14.4 Å². The van der Waals surface area contributed by atoms with E-state index in [-0.39, 0.29) is 30.7 Å². The van der Waals surface area contributed by atoms with Crippen molar-refractivity contribution in [3.8, 4) is 5.75 Å². The number of hydrogen-bond donors (Lipinski definition) is 2. The van der Waals surface area contributed by atoms with Crippen molar-refractivity contribution in [3.05, 3.63) is 46.9 Å². The maximum atomic E-state index is 12.8. The van der Waals surface area contributed by atoms with Crippen LogP contribution in [0, 0.1) is 5.92 Å². The SMILES string of the molecule is COc1ccccc1N1CC(C(=O)Nc2cc(Br)ccc2NC(C)=O)CC1=O. The Morgan fingerprint density at radius 1 is 1.14 bits per heavy atom. The molecule has 1 fully saturated rings. The van der Waals surface area contributed by atoms with Gasteiger partial charge < -0.3 is 20.3 Å². The van der Waals surface area contributed by atoms with E-state index in [0.717, 1.165) is 4.47 Å². The number of hydrogen-bond acceptors (Lipinski definition) is 4. The van der Waals surface area contributed by atoms with E-state index in [4.69, 9.17) is 4.74 Å². The zero-order chi connectivity index (χ0) is 20.3. The zero-order valence-corrected chi connectivity index (χ0v) is 17.1. The maximum Gasteiger partial charge on any atom is 0.229 e. The topological polar surface area (TPSA) is 87.7 Å². The lowest BCUT2D eigenvalue weighted by Crippen LogP contribution is -2.28. The van der Waals surface area contributed by atoms with E-state index in [2.05, 4.69) is 26.6 Å². The molecule has 0 aliphatic carbocycles. The van der Waals surface area contributed by atoms with Crippen molar-refractivity contribution in [1.29, 1.82) is 0 Å². The monoisotopic (exact) mass is 445 g/mol. The smallest absolute Gasteiger partial charge is 0.229 e. The molecule has 1 saturated heterocycles. The number of rotatable bonds is 5. The quantitative estimate of drug-likeness (QED) is 0.737. The lowest BCUT2D eigenvalue weighted by Gasteiger charge is -2.19. The summed E-state index contributed by atoms with van der Waals surface area (Å²) in [7, 11) is 1.54. The second kappa shape index (κ2) is 8.43. The Balaban J connectivity index is 1.77. The van der Waals surface area contributed by atoms with Gasteiger partial charge in [0, 0.05) is 24.4 Å². The first-order valence-electron chi connectivity index (χ1n) is 8.70. The second-order valence-electron chi connectivity index (χ2n) is 6.44. The van der Waals surface area contributed by atoms with Gasteiger partial charge in [-0.15, -0.1) is 0 Å². The first kappa shape index (κ1) is 19.9. The van der Waals surface area contributed by atoms with E-state index < -0.39 is 5.92 Å². The van der Waals surface area contributed by atoms with Crippen LogP contribution in [0.1, 0.15) is 13.3 Å². The minimum atomic E-state index is -0.512. The number of carbonyl (C=O) groups is 3. The van der Waals surface area contributed by atoms with Crippen LogP contribution in [0.4, 0.5) is 17.1 Å². The molecule has 0 radical (unpaired) electrons. The van der Waals surface area contributed by atoms with Crippen LogP contribution >= 0.6 is 15.9 Å². The molecule has 1 aliphatic rings. The highest BCUT2D eigenvalue weighted by molar-refractivity contribution is 9.10. The Hall–Kier alpha value is -2.87. The Bertz CT molecular complexity index is 931. The van der Waals surface area contributed by atoms with Gasteiger partial charge in [-0.05, 0) is 30.3 Å². The molecule has 8 heteroatoms. The van der Waals surface area contributed by atoms with Crippen molar-refractivity contribution < 1.29 is 19.1 Å². The number of ether oxygens (including phenoxy) is 1. The van der Waals surface area contributed by atoms with Gasteiger partial charge in [0.1, 0.15) is 5.75 Å². The van der Waals surface area contributed by atoms with E-state index in [1.54, 1.807) is 42.3 Å². The molecule has 28 heavy (non-hydrogen) atoms. The Morgan fingerprint density at radius 2 is 1.89 bits per heavy atom. The first-order chi connectivity index (χ1) is 13.4. The van der Waals surface area contributed by atoms with Crippen LogP contribution in [-0.4, -0.2) is 31.4 Å². The van der Waals surface area contributed by atoms with E-state index in [0.29, 0.717) is 22.8 Å². The third-order valence-corrected chi connectivity index (χ3v) is 4.92. The van der Waals surface area contributed by atoms with Crippen molar-refractivity contribution in [1.82, 2.24) is 0 Å². The average Bonchev–Trinajstić information content (AvgIpc) is 3.05. The molecule has 1 aliphatic heterocycles. The summed E-state index contributed by atoms with van der Waals surface area (Å²) in [6.45, 7) is 1.66. The molecule has 2 aromatic carbocycles. The molecule has 0 bridgehead atoms. The standard InChI is InChI=1S/C20H20BrN3O4/c1-12(25)22-15-8-7-14(21)10-16(15)23-20(27)13-9-19(26)24(11-13)17-5-3-4-6-18(17)28-2/h3-8,10,13H,9,11H2,1-2H3,(H,22,25)(H,23,27). The molecule has 0 spiro atoms. The fraction of sp³-hybridized carbons (Fsp3) is 0.250. The first-order valence-corrected chi connectivity index (χ1v) is 9.49. The molecular weight excluding hydrogens is 426 g/mol. The molecule has 1 unspecified atom stereocenters. The zero-order valence-electron chi connectivity index (χ0n) is 15.5. The number of para-hydroxylation sites is 2. The fourth-order valence-corrected chi connectivity index (χ4v) is 3.48. The fourth-order valence-electron chi connectivity index (χ4n) is 3.12. The molecule has 0 saturated carbocycles. The maximum absolute atomic E-state index is 12.8. The van der Waals surface area contributed by atoms with Gasteiger partial charge >= 0.3 is 0 Å². The van der Waals surface area contributed by atoms with Crippen molar-refractivity contribution in [2.45, 2.75) is 13.3 Å². The van der Waals surface area contributed by atoms with Crippen molar-refractivity contribution >= 4 is 50.7 Å². The minimum Gasteiger partial charge on any atom is -0.495 e. The number of anilines is 3. The minimum absolute atomic E-state index is 0.105. The summed E-state index contributed by atoms with van der Waals surface area (Å²) in [5, 5.41) is 5.51. The highest BCUT2D eigenvalue weighted by Gasteiger charge is 2.36. The number of nitrogens with one attached hydrogen (secondary N) is 2. The predicted molar refractivity (Wildman–Crippen MR) is 111 cm³/mol. The van der Waals surface area contributed by atoms with Gasteiger partial charge in [-0.1, -0.05) is 28.1 Å². The number of nitrogens with zero attached hydrogens (tertiary/aromatic N) is 1. The van der Waals surface area contributed by atoms with Gasteiger partial charge in [0.15, 0.2) is 0 Å². The van der Waals surface area contributed by atoms with Gasteiger partial charge in [0.2, 0.25) is 17.7 Å².